The smallest absolute Gasteiger partial charge is 0.269 e. The fraction of sp³-hybridized carbons (Fsp3) is 0.158. The van der Waals surface area contributed by atoms with Crippen molar-refractivity contribution < 1.29 is 14.5 Å². The van der Waals surface area contributed by atoms with Crippen molar-refractivity contribution >= 4 is 63.4 Å². The van der Waals surface area contributed by atoms with Gasteiger partial charge in [-0.25, -0.2) is 0 Å². The van der Waals surface area contributed by atoms with Gasteiger partial charge in [0.05, 0.1) is 10.7 Å². The van der Waals surface area contributed by atoms with Crippen LogP contribution in [0.15, 0.2) is 58.6 Å². The molecule has 2 aromatic carbocycles. The second kappa shape index (κ2) is 10.9. The fourth-order valence-corrected chi connectivity index (χ4v) is 4.31. The van der Waals surface area contributed by atoms with Gasteiger partial charge in [0.25, 0.3) is 11.6 Å². The molecule has 0 bridgehead atoms. The number of nitro groups is 1. The van der Waals surface area contributed by atoms with Crippen LogP contribution in [0.25, 0.3) is 0 Å². The summed E-state index contributed by atoms with van der Waals surface area (Å²) in [4.78, 5) is 39.6. The highest BCUT2D eigenvalue weighted by molar-refractivity contribution is 8.00. The Kier molecular flexibility index (Phi) is 7.98. The summed E-state index contributed by atoms with van der Waals surface area (Å²) in [6.07, 6.45) is 0. The first kappa shape index (κ1) is 22.7. The molecule has 0 radical (unpaired) electrons. The van der Waals surface area contributed by atoms with Crippen LogP contribution >= 0.6 is 35.1 Å². The Morgan fingerprint density at radius 3 is 2.42 bits per heavy atom. The number of rotatable bonds is 9. The van der Waals surface area contributed by atoms with E-state index in [-0.39, 0.29) is 23.3 Å². The third kappa shape index (κ3) is 6.77. The molecular formula is C19H17N5O4S3. The van der Waals surface area contributed by atoms with Crippen molar-refractivity contribution in [3.63, 3.8) is 0 Å². The lowest BCUT2D eigenvalue weighted by molar-refractivity contribution is -0.384. The van der Waals surface area contributed by atoms with Crippen molar-refractivity contribution in [3.05, 3.63) is 64.2 Å². The van der Waals surface area contributed by atoms with Gasteiger partial charge in [0, 0.05) is 39.8 Å². The number of nitrogens with zero attached hydrogens (tertiary/aromatic N) is 3. The second-order valence-electron chi connectivity index (χ2n) is 5.93. The van der Waals surface area contributed by atoms with Crippen LogP contribution in [-0.4, -0.2) is 37.6 Å². The van der Waals surface area contributed by atoms with E-state index in [4.69, 9.17) is 0 Å². The number of hydrogen-bond acceptors (Lipinski definition) is 9. The van der Waals surface area contributed by atoms with Gasteiger partial charge < -0.3 is 5.32 Å². The molecule has 0 unspecified atom stereocenters. The van der Waals surface area contributed by atoms with Gasteiger partial charge in [-0.05, 0) is 42.2 Å². The molecule has 2 N–H and O–H groups in total. The molecule has 1 heterocycles. The molecule has 12 heteroatoms. The quantitative estimate of drug-likeness (QED) is 0.262. The number of hydrogen-bond donors (Lipinski definition) is 2. The maximum Gasteiger partial charge on any atom is 0.269 e. The lowest BCUT2D eigenvalue weighted by Crippen LogP contribution is -2.13. The van der Waals surface area contributed by atoms with Gasteiger partial charge in [-0.1, -0.05) is 18.7 Å². The average molecular weight is 476 g/mol. The van der Waals surface area contributed by atoms with Crippen molar-refractivity contribution in [2.75, 3.05) is 22.1 Å². The van der Waals surface area contributed by atoms with E-state index in [1.807, 2.05) is 6.92 Å². The van der Waals surface area contributed by atoms with Gasteiger partial charge >= 0.3 is 0 Å². The first-order valence-corrected chi connectivity index (χ1v) is 11.7. The number of nitro benzene ring substituents is 1. The molecular weight excluding hydrogens is 458 g/mol. The zero-order chi connectivity index (χ0) is 22.2. The highest BCUT2D eigenvalue weighted by Gasteiger charge is 2.11. The van der Waals surface area contributed by atoms with Crippen molar-refractivity contribution in [1.29, 1.82) is 0 Å². The molecule has 160 valence electrons. The lowest BCUT2D eigenvalue weighted by Gasteiger charge is -2.07. The largest absolute Gasteiger partial charge is 0.322 e. The molecule has 0 fully saturated rings. The summed E-state index contributed by atoms with van der Waals surface area (Å²) in [5.41, 5.74) is 0.818. The summed E-state index contributed by atoms with van der Waals surface area (Å²) >= 11 is 4.02. The zero-order valence-corrected chi connectivity index (χ0v) is 18.7. The Bertz CT molecular complexity index is 1070. The van der Waals surface area contributed by atoms with Crippen molar-refractivity contribution in [3.8, 4) is 0 Å². The predicted molar refractivity (Wildman–Crippen MR) is 123 cm³/mol. The summed E-state index contributed by atoms with van der Waals surface area (Å²) in [5, 5.41) is 17.3. The monoisotopic (exact) mass is 475 g/mol. The normalized spacial score (nSPS) is 10.5. The highest BCUT2D eigenvalue weighted by atomic mass is 32.2. The van der Waals surface area contributed by atoms with Crippen LogP contribution in [-0.2, 0) is 4.79 Å². The molecule has 0 atom stereocenters. The van der Waals surface area contributed by atoms with Gasteiger partial charge in [-0.2, -0.15) is 9.36 Å². The Hall–Kier alpha value is -2.96. The summed E-state index contributed by atoms with van der Waals surface area (Å²) in [7, 11) is 0. The first-order valence-electron chi connectivity index (χ1n) is 8.99. The number of anilines is 2. The third-order valence-electron chi connectivity index (χ3n) is 3.75. The summed E-state index contributed by atoms with van der Waals surface area (Å²) in [6, 6.07) is 12.4. The van der Waals surface area contributed by atoms with E-state index in [2.05, 4.69) is 20.0 Å². The molecule has 9 nitrogen and oxygen atoms in total. The minimum atomic E-state index is -0.519. The molecule has 0 aliphatic carbocycles. The molecule has 31 heavy (non-hydrogen) atoms. The van der Waals surface area contributed by atoms with Crippen molar-refractivity contribution in [2.24, 2.45) is 0 Å². The van der Waals surface area contributed by atoms with Crippen molar-refractivity contribution in [1.82, 2.24) is 9.36 Å². The molecule has 0 aliphatic rings. The van der Waals surface area contributed by atoms with Crippen LogP contribution < -0.4 is 10.6 Å². The minimum absolute atomic E-state index is 0.0756. The number of non-ortho nitro benzene ring substituents is 1. The lowest BCUT2D eigenvalue weighted by atomic mass is 10.2. The Balaban J connectivity index is 1.48. The van der Waals surface area contributed by atoms with Crippen molar-refractivity contribution in [2.45, 2.75) is 17.0 Å². The van der Waals surface area contributed by atoms with E-state index < -0.39 is 4.92 Å². The first-order chi connectivity index (χ1) is 14.9. The number of amides is 2. The maximum atomic E-state index is 12.3. The number of carbonyl (C=O) groups is 2. The average Bonchev–Trinajstić information content (AvgIpc) is 3.20. The number of benzene rings is 2. The number of carbonyl (C=O) groups excluding carboxylic acids is 2. The predicted octanol–water partition coefficient (Wildman–Crippen LogP) is 4.54. The Morgan fingerprint density at radius 1 is 1.06 bits per heavy atom. The molecule has 1 aromatic heterocycles. The Morgan fingerprint density at radius 2 is 1.77 bits per heavy atom. The zero-order valence-electron chi connectivity index (χ0n) is 16.2. The molecule has 0 saturated heterocycles. The van der Waals surface area contributed by atoms with Crippen LogP contribution in [0, 0.1) is 10.1 Å². The van der Waals surface area contributed by atoms with Gasteiger partial charge in [0.2, 0.25) is 16.2 Å². The molecule has 0 saturated carbocycles. The van der Waals surface area contributed by atoms with Gasteiger partial charge in [-0.15, -0.1) is 11.8 Å². The maximum absolute atomic E-state index is 12.3. The highest BCUT2D eigenvalue weighted by Crippen LogP contribution is 2.23. The second-order valence-corrected chi connectivity index (χ2v) is 8.97. The number of thioether (sulfide) groups is 2. The van der Waals surface area contributed by atoms with E-state index in [1.54, 1.807) is 24.3 Å². The molecule has 2 amide bonds. The minimum Gasteiger partial charge on any atom is -0.322 e. The number of aromatic nitrogens is 2. The van der Waals surface area contributed by atoms with E-state index in [9.17, 15) is 19.7 Å². The molecule has 3 aromatic rings. The van der Waals surface area contributed by atoms with Crippen LogP contribution in [0.4, 0.5) is 16.5 Å². The van der Waals surface area contributed by atoms with Crippen LogP contribution in [0.1, 0.15) is 17.3 Å². The third-order valence-corrected chi connectivity index (χ3v) is 6.24. The van der Waals surface area contributed by atoms with E-state index in [1.165, 1.54) is 47.8 Å². The summed E-state index contributed by atoms with van der Waals surface area (Å²) in [5.74, 6) is 0.534. The van der Waals surface area contributed by atoms with Crippen LogP contribution in [0.5, 0.6) is 0 Å². The van der Waals surface area contributed by atoms with E-state index in [0.29, 0.717) is 21.5 Å². The fourth-order valence-electron chi connectivity index (χ4n) is 2.32. The summed E-state index contributed by atoms with van der Waals surface area (Å²) in [6.45, 7) is 2.01. The summed E-state index contributed by atoms with van der Waals surface area (Å²) < 4.78 is 4.15. The molecule has 0 spiro atoms. The topological polar surface area (TPSA) is 127 Å². The van der Waals surface area contributed by atoms with Crippen LogP contribution in [0.3, 0.4) is 0 Å². The molecule has 0 aliphatic heterocycles. The SMILES string of the molecule is CCSc1nsc(NC(=O)CSc2ccc(NC(=O)c3ccc([N+](=O)[O-])cc3)cc2)n1. The standard InChI is InChI=1S/C19H17N5O4S3/c1-2-29-19-22-18(31-23-19)21-16(25)11-30-15-9-5-13(6-10-15)20-17(26)12-3-7-14(8-4-12)24(27)28/h3-10H,2,11H2,1H3,(H,20,26)(H,21,22,23,25). The van der Waals surface area contributed by atoms with E-state index in [0.717, 1.165) is 22.2 Å². The Labute approximate surface area is 190 Å². The molecule has 3 rings (SSSR count). The van der Waals surface area contributed by atoms with Crippen LogP contribution in [0.2, 0.25) is 0 Å². The number of nitrogens with one attached hydrogen (secondary N) is 2. The van der Waals surface area contributed by atoms with E-state index >= 15 is 0 Å². The van der Waals surface area contributed by atoms with Gasteiger partial charge in [0.1, 0.15) is 0 Å². The van der Waals surface area contributed by atoms with Gasteiger partial charge in [-0.3, -0.25) is 25.0 Å². The van der Waals surface area contributed by atoms with Gasteiger partial charge in [0.15, 0.2) is 0 Å².